The predicted molar refractivity (Wildman–Crippen MR) is 96.0 cm³/mol. The molecular weight excluding hydrogens is 374 g/mol. The van der Waals surface area contributed by atoms with E-state index in [1.54, 1.807) is 19.1 Å². The first-order valence-corrected chi connectivity index (χ1v) is 8.91. The van der Waals surface area contributed by atoms with E-state index >= 15 is 0 Å². The van der Waals surface area contributed by atoms with Crippen LogP contribution in [0.3, 0.4) is 0 Å². The fourth-order valence-corrected chi connectivity index (χ4v) is 3.09. The van der Waals surface area contributed by atoms with Gasteiger partial charge in [-0.15, -0.1) is 0 Å². The number of aliphatic hydroxyl groups excluding tert-OH is 2. The zero-order valence-electron chi connectivity index (χ0n) is 14.0. The molecule has 5 nitrogen and oxygen atoms in total. The number of nitrogens with zero attached hydrogens (tertiary/aromatic N) is 1. The number of halogens is 1. The number of aryl methyl sites for hydroxylation is 1. The molecule has 2 rings (SSSR count). The molecule has 2 unspecified atom stereocenters. The van der Waals surface area contributed by atoms with Gasteiger partial charge in [0.05, 0.1) is 18.3 Å². The summed E-state index contributed by atoms with van der Waals surface area (Å²) in [4.78, 5) is 11.7. The van der Waals surface area contributed by atoms with Crippen molar-refractivity contribution in [1.29, 1.82) is 0 Å². The van der Waals surface area contributed by atoms with Gasteiger partial charge in [-0.05, 0) is 51.1 Å². The molecule has 1 aromatic heterocycles. The Hall–Kier alpha value is -1.63. The van der Waals surface area contributed by atoms with E-state index < -0.39 is 12.2 Å². The summed E-state index contributed by atoms with van der Waals surface area (Å²) < 4.78 is 6.96. The second-order valence-electron chi connectivity index (χ2n) is 5.60. The standard InChI is InChI=1S/C18H22BrNO4/c1-4-24-18(23)13-5-7-14(8-6-13)20-11(2)9-15(12(20)3)17(22)16(21)10-19/h5-9,16-17,21-22H,4,10H2,1-3H3. The molecule has 0 fully saturated rings. The maximum Gasteiger partial charge on any atom is 0.338 e. The van der Waals surface area contributed by atoms with Crippen LogP contribution in [0.25, 0.3) is 5.69 Å². The van der Waals surface area contributed by atoms with E-state index in [1.807, 2.05) is 36.6 Å². The monoisotopic (exact) mass is 395 g/mol. The Morgan fingerprint density at radius 1 is 1.25 bits per heavy atom. The normalized spacial score (nSPS) is 13.6. The average Bonchev–Trinajstić information content (AvgIpc) is 2.88. The number of carbonyl (C=O) groups excluding carboxylic acids is 1. The van der Waals surface area contributed by atoms with Gasteiger partial charge < -0.3 is 19.5 Å². The minimum atomic E-state index is -0.955. The van der Waals surface area contributed by atoms with Crippen LogP contribution in [0, 0.1) is 13.8 Å². The van der Waals surface area contributed by atoms with Crippen molar-refractivity contribution in [2.24, 2.45) is 0 Å². The van der Waals surface area contributed by atoms with Gasteiger partial charge >= 0.3 is 5.97 Å². The van der Waals surface area contributed by atoms with Crippen molar-refractivity contribution >= 4 is 21.9 Å². The van der Waals surface area contributed by atoms with Crippen molar-refractivity contribution in [2.75, 3.05) is 11.9 Å². The van der Waals surface area contributed by atoms with E-state index in [0.29, 0.717) is 23.1 Å². The average molecular weight is 396 g/mol. The summed E-state index contributed by atoms with van der Waals surface area (Å²) >= 11 is 3.18. The Morgan fingerprint density at radius 3 is 2.42 bits per heavy atom. The fourth-order valence-electron chi connectivity index (χ4n) is 2.74. The second kappa shape index (κ2) is 7.96. The highest BCUT2D eigenvalue weighted by Gasteiger charge is 2.23. The second-order valence-corrected chi connectivity index (χ2v) is 6.24. The van der Waals surface area contributed by atoms with E-state index in [9.17, 15) is 15.0 Å². The van der Waals surface area contributed by atoms with Crippen LogP contribution in [0.1, 0.15) is 40.3 Å². The van der Waals surface area contributed by atoms with Crippen LogP contribution >= 0.6 is 15.9 Å². The summed E-state index contributed by atoms with van der Waals surface area (Å²) in [6, 6.07) is 8.98. The molecule has 2 N–H and O–H groups in total. The van der Waals surface area contributed by atoms with Crippen molar-refractivity contribution in [2.45, 2.75) is 33.0 Å². The Bertz CT molecular complexity index is 709. The lowest BCUT2D eigenvalue weighted by atomic mass is 10.1. The van der Waals surface area contributed by atoms with Gasteiger partial charge in [0.25, 0.3) is 0 Å². The van der Waals surface area contributed by atoms with E-state index in [1.165, 1.54) is 0 Å². The summed E-state index contributed by atoms with van der Waals surface area (Å²) in [7, 11) is 0. The number of hydrogen-bond donors (Lipinski definition) is 2. The molecule has 0 aliphatic heterocycles. The highest BCUT2D eigenvalue weighted by Crippen LogP contribution is 2.28. The van der Waals surface area contributed by atoms with Gasteiger partial charge in [-0.2, -0.15) is 0 Å². The maximum absolute atomic E-state index is 11.7. The summed E-state index contributed by atoms with van der Waals surface area (Å²) in [5, 5.41) is 20.4. The number of esters is 1. The molecule has 0 saturated heterocycles. The molecule has 0 bridgehead atoms. The van der Waals surface area contributed by atoms with Crippen LogP contribution in [0.15, 0.2) is 30.3 Å². The first kappa shape index (κ1) is 18.7. The van der Waals surface area contributed by atoms with Gasteiger partial charge in [0, 0.05) is 28.0 Å². The van der Waals surface area contributed by atoms with Crippen molar-refractivity contribution in [3.8, 4) is 5.69 Å². The number of rotatable bonds is 6. The molecule has 0 aliphatic carbocycles. The lowest BCUT2D eigenvalue weighted by molar-refractivity contribution is 0.0339. The highest BCUT2D eigenvalue weighted by atomic mass is 79.9. The lowest BCUT2D eigenvalue weighted by Gasteiger charge is -2.16. The minimum Gasteiger partial charge on any atom is -0.462 e. The Balaban J connectivity index is 2.36. The number of aliphatic hydroxyl groups is 2. The van der Waals surface area contributed by atoms with Gasteiger partial charge in [0.2, 0.25) is 0 Å². The van der Waals surface area contributed by atoms with Crippen molar-refractivity contribution in [1.82, 2.24) is 4.57 Å². The molecule has 0 saturated carbocycles. The van der Waals surface area contributed by atoms with Gasteiger partial charge in [-0.25, -0.2) is 4.79 Å². The van der Waals surface area contributed by atoms with Crippen LogP contribution in [0.5, 0.6) is 0 Å². The first-order valence-electron chi connectivity index (χ1n) is 7.79. The van der Waals surface area contributed by atoms with Gasteiger partial charge in [0.1, 0.15) is 6.10 Å². The van der Waals surface area contributed by atoms with E-state index in [2.05, 4.69) is 15.9 Å². The summed E-state index contributed by atoms with van der Waals surface area (Å²) in [6.45, 7) is 5.94. The molecule has 24 heavy (non-hydrogen) atoms. The predicted octanol–water partition coefficient (Wildman–Crippen LogP) is 3.06. The fraction of sp³-hybridized carbons (Fsp3) is 0.389. The lowest BCUT2D eigenvalue weighted by Crippen LogP contribution is -2.20. The molecule has 2 atom stereocenters. The smallest absolute Gasteiger partial charge is 0.338 e. The van der Waals surface area contributed by atoms with Crippen LogP contribution in [-0.2, 0) is 4.74 Å². The number of aromatic nitrogens is 1. The number of hydrogen-bond acceptors (Lipinski definition) is 4. The van der Waals surface area contributed by atoms with Crippen LogP contribution in [0.2, 0.25) is 0 Å². The summed E-state index contributed by atoms with van der Waals surface area (Å²) in [6.07, 6.45) is -1.83. The number of ether oxygens (including phenoxy) is 1. The zero-order chi connectivity index (χ0) is 17.9. The van der Waals surface area contributed by atoms with E-state index in [-0.39, 0.29) is 5.97 Å². The molecule has 0 spiro atoms. The molecule has 2 aromatic rings. The van der Waals surface area contributed by atoms with Crippen molar-refractivity contribution in [3.05, 3.63) is 52.8 Å². The molecular formula is C18H22BrNO4. The molecule has 1 heterocycles. The quantitative estimate of drug-likeness (QED) is 0.582. The largest absolute Gasteiger partial charge is 0.462 e. The van der Waals surface area contributed by atoms with Gasteiger partial charge in [-0.1, -0.05) is 15.9 Å². The van der Waals surface area contributed by atoms with Crippen molar-refractivity contribution < 1.29 is 19.7 Å². The molecule has 130 valence electrons. The summed E-state index contributed by atoms with van der Waals surface area (Å²) in [5.41, 5.74) is 3.85. The molecule has 6 heteroatoms. The Kier molecular flexibility index (Phi) is 6.21. The Labute approximate surface area is 150 Å². The highest BCUT2D eigenvalue weighted by molar-refractivity contribution is 9.09. The molecule has 0 amide bonds. The van der Waals surface area contributed by atoms with Gasteiger partial charge in [0.15, 0.2) is 0 Å². The molecule has 0 radical (unpaired) electrons. The number of carbonyl (C=O) groups is 1. The van der Waals surface area contributed by atoms with E-state index in [4.69, 9.17) is 4.74 Å². The van der Waals surface area contributed by atoms with E-state index in [0.717, 1.165) is 17.1 Å². The first-order chi connectivity index (χ1) is 11.4. The minimum absolute atomic E-state index is 0.298. The van der Waals surface area contributed by atoms with Crippen LogP contribution in [0.4, 0.5) is 0 Å². The third-order valence-electron chi connectivity index (χ3n) is 3.95. The van der Waals surface area contributed by atoms with Gasteiger partial charge in [-0.3, -0.25) is 0 Å². The zero-order valence-corrected chi connectivity index (χ0v) is 15.6. The number of alkyl halides is 1. The van der Waals surface area contributed by atoms with Crippen LogP contribution < -0.4 is 0 Å². The number of benzene rings is 1. The third-order valence-corrected chi connectivity index (χ3v) is 4.61. The molecule has 1 aromatic carbocycles. The van der Waals surface area contributed by atoms with Crippen molar-refractivity contribution in [3.63, 3.8) is 0 Å². The molecule has 0 aliphatic rings. The Morgan fingerprint density at radius 2 is 1.88 bits per heavy atom. The summed E-state index contributed by atoms with van der Waals surface area (Å²) in [5.74, 6) is -0.346. The third kappa shape index (κ3) is 3.71. The van der Waals surface area contributed by atoms with Crippen LogP contribution in [-0.4, -0.2) is 38.8 Å². The SMILES string of the molecule is CCOC(=O)c1ccc(-n2c(C)cc(C(O)C(O)CBr)c2C)cc1. The topological polar surface area (TPSA) is 71.7 Å². The maximum atomic E-state index is 11.7.